The number of nitrogens with zero attached hydrogens (tertiary/aromatic N) is 4. The molecule has 2 aromatic heterocycles. The number of carbonyl (C=O) groups is 1. The van der Waals surface area contributed by atoms with E-state index in [1.165, 1.54) is 0 Å². The van der Waals surface area contributed by atoms with E-state index in [-0.39, 0.29) is 18.2 Å². The van der Waals surface area contributed by atoms with E-state index in [0.29, 0.717) is 19.0 Å². The lowest BCUT2D eigenvalue weighted by molar-refractivity contribution is 0.106. The molecule has 4 rings (SSSR count). The van der Waals surface area contributed by atoms with Gasteiger partial charge < -0.3 is 15.0 Å². The van der Waals surface area contributed by atoms with Gasteiger partial charge in [-0.3, -0.25) is 10.1 Å². The van der Waals surface area contributed by atoms with Crippen LogP contribution in [-0.2, 0) is 0 Å². The van der Waals surface area contributed by atoms with E-state index in [1.807, 2.05) is 30.0 Å². The van der Waals surface area contributed by atoms with Gasteiger partial charge in [0.25, 0.3) is 0 Å². The molecule has 2 amide bonds. The number of nitrogens with one attached hydrogen (secondary N) is 2. The number of benzene rings is 1. The average molecular weight is 366 g/mol. The normalized spacial score (nSPS) is 16.3. The maximum Gasteiger partial charge on any atom is 0.317 e. The van der Waals surface area contributed by atoms with Crippen molar-refractivity contribution in [2.24, 2.45) is 0 Å². The maximum absolute atomic E-state index is 12.6. The molecule has 0 unspecified atom stereocenters. The van der Waals surface area contributed by atoms with Crippen molar-refractivity contribution in [3.05, 3.63) is 48.5 Å². The topological polar surface area (TPSA) is 96.0 Å². The number of fused-ring (bicyclic) bond motifs is 1. The predicted octanol–water partition coefficient (Wildman–Crippen LogP) is 2.67. The molecular formula is C19H22N6O2. The van der Waals surface area contributed by atoms with Gasteiger partial charge in [0.05, 0.1) is 24.0 Å². The summed E-state index contributed by atoms with van der Waals surface area (Å²) in [5.41, 5.74) is 2.04. The molecule has 0 spiro atoms. The molecule has 3 heterocycles. The fourth-order valence-corrected chi connectivity index (χ4v) is 3.28. The molecule has 8 heteroatoms. The molecule has 0 bridgehead atoms. The van der Waals surface area contributed by atoms with Gasteiger partial charge in [-0.1, -0.05) is 6.07 Å². The summed E-state index contributed by atoms with van der Waals surface area (Å²) in [6, 6.07) is 5.91. The van der Waals surface area contributed by atoms with Crippen molar-refractivity contribution in [2.45, 2.75) is 31.9 Å². The lowest BCUT2D eigenvalue weighted by atomic mass is 10.1. The largest absolute Gasteiger partial charge is 0.473 e. The molecule has 2 N–H and O–H groups in total. The van der Waals surface area contributed by atoms with Crippen LogP contribution in [0.1, 0.15) is 31.4 Å². The van der Waals surface area contributed by atoms with E-state index in [0.717, 1.165) is 29.3 Å². The number of aromatic amines is 1. The third-order valence-corrected chi connectivity index (χ3v) is 4.86. The lowest BCUT2D eigenvalue weighted by Gasteiger charge is -2.32. The molecule has 140 valence electrons. The van der Waals surface area contributed by atoms with Gasteiger partial charge in [0.15, 0.2) is 0 Å². The van der Waals surface area contributed by atoms with Crippen LogP contribution in [0.2, 0.25) is 0 Å². The van der Waals surface area contributed by atoms with Crippen molar-refractivity contribution >= 4 is 16.9 Å². The molecule has 0 radical (unpaired) electrons. The number of piperidine rings is 1. The SMILES string of the molecule is C[C@H](NC(=O)N1CCC(Oc2cnccn2)CC1)c1ccc2[nH]ncc2c1. The van der Waals surface area contributed by atoms with Gasteiger partial charge in [-0.25, -0.2) is 9.78 Å². The van der Waals surface area contributed by atoms with Crippen LogP contribution in [0.3, 0.4) is 0 Å². The highest BCUT2D eigenvalue weighted by Gasteiger charge is 2.25. The molecule has 1 aliphatic heterocycles. The second-order valence-electron chi connectivity index (χ2n) is 6.74. The average Bonchev–Trinajstić information content (AvgIpc) is 3.17. The second kappa shape index (κ2) is 7.61. The molecule has 0 aliphatic carbocycles. The number of rotatable bonds is 4. The summed E-state index contributed by atoms with van der Waals surface area (Å²) in [5.74, 6) is 0.531. The zero-order valence-corrected chi connectivity index (χ0v) is 15.1. The van der Waals surface area contributed by atoms with Gasteiger partial charge in [0.2, 0.25) is 5.88 Å². The molecule has 27 heavy (non-hydrogen) atoms. The van der Waals surface area contributed by atoms with Crippen LogP contribution in [-0.4, -0.2) is 50.3 Å². The number of H-pyrrole nitrogens is 1. The summed E-state index contributed by atoms with van der Waals surface area (Å²) in [6.45, 7) is 3.30. The Morgan fingerprint density at radius 1 is 1.30 bits per heavy atom. The number of hydrogen-bond acceptors (Lipinski definition) is 5. The second-order valence-corrected chi connectivity index (χ2v) is 6.74. The summed E-state index contributed by atoms with van der Waals surface area (Å²) < 4.78 is 5.83. The molecule has 1 atom stereocenters. The Morgan fingerprint density at radius 3 is 2.93 bits per heavy atom. The highest BCUT2D eigenvalue weighted by Crippen LogP contribution is 2.20. The summed E-state index contributed by atoms with van der Waals surface area (Å²) >= 11 is 0. The number of urea groups is 1. The van der Waals surface area contributed by atoms with Crippen LogP contribution in [0, 0.1) is 0 Å². The zero-order chi connectivity index (χ0) is 18.6. The van der Waals surface area contributed by atoms with E-state index in [9.17, 15) is 4.79 Å². The first-order chi connectivity index (χ1) is 13.2. The van der Waals surface area contributed by atoms with Gasteiger partial charge in [-0.2, -0.15) is 5.10 Å². The summed E-state index contributed by atoms with van der Waals surface area (Å²) in [7, 11) is 0. The lowest BCUT2D eigenvalue weighted by Crippen LogP contribution is -2.47. The number of aromatic nitrogens is 4. The first kappa shape index (κ1) is 17.3. The minimum absolute atomic E-state index is 0.0484. The number of ether oxygens (including phenoxy) is 1. The van der Waals surface area contributed by atoms with Gasteiger partial charge in [0.1, 0.15) is 6.10 Å². The minimum atomic E-state index is -0.0784. The van der Waals surface area contributed by atoms with Gasteiger partial charge in [-0.05, 0) is 24.6 Å². The molecule has 0 saturated carbocycles. The van der Waals surface area contributed by atoms with Crippen LogP contribution in [0.4, 0.5) is 4.79 Å². The molecule has 3 aromatic rings. The van der Waals surface area contributed by atoms with Crippen molar-refractivity contribution in [1.29, 1.82) is 0 Å². The molecule has 1 fully saturated rings. The Labute approximate surface area is 157 Å². The smallest absolute Gasteiger partial charge is 0.317 e. The standard InChI is InChI=1S/C19H22N6O2/c1-13(14-2-3-17-15(10-14)11-22-24-17)23-19(26)25-8-4-16(5-9-25)27-18-12-20-6-7-21-18/h2-3,6-7,10-13,16H,4-5,8-9H2,1H3,(H,22,24)(H,23,26)/t13-/m0/s1. The first-order valence-corrected chi connectivity index (χ1v) is 9.10. The van der Waals surface area contributed by atoms with E-state index < -0.39 is 0 Å². The van der Waals surface area contributed by atoms with E-state index in [1.54, 1.807) is 24.8 Å². The molecule has 1 aliphatic rings. The van der Waals surface area contributed by atoms with Crippen molar-refractivity contribution < 1.29 is 9.53 Å². The van der Waals surface area contributed by atoms with Crippen molar-refractivity contribution in [2.75, 3.05) is 13.1 Å². The third kappa shape index (κ3) is 3.99. The van der Waals surface area contributed by atoms with Crippen molar-refractivity contribution in [3.63, 3.8) is 0 Å². The summed E-state index contributed by atoms with van der Waals surface area (Å²) in [4.78, 5) is 22.6. The van der Waals surface area contributed by atoms with Crippen molar-refractivity contribution in [1.82, 2.24) is 30.4 Å². The monoisotopic (exact) mass is 366 g/mol. The Hall–Kier alpha value is -3.16. The highest BCUT2D eigenvalue weighted by atomic mass is 16.5. The first-order valence-electron chi connectivity index (χ1n) is 9.10. The fraction of sp³-hybridized carbons (Fsp3) is 0.368. The van der Waals surface area contributed by atoms with Gasteiger partial charge >= 0.3 is 6.03 Å². The van der Waals surface area contributed by atoms with E-state index in [4.69, 9.17) is 4.74 Å². The van der Waals surface area contributed by atoms with Crippen LogP contribution in [0.5, 0.6) is 5.88 Å². The van der Waals surface area contributed by atoms with Crippen LogP contribution >= 0.6 is 0 Å². The number of amides is 2. The molecule has 1 saturated heterocycles. The minimum Gasteiger partial charge on any atom is -0.473 e. The van der Waals surface area contributed by atoms with Gasteiger partial charge in [-0.15, -0.1) is 0 Å². The molecule has 8 nitrogen and oxygen atoms in total. The van der Waals surface area contributed by atoms with Crippen LogP contribution < -0.4 is 10.1 Å². The number of likely N-dealkylation sites (tertiary alicyclic amines) is 1. The Balaban J connectivity index is 1.30. The highest BCUT2D eigenvalue weighted by molar-refractivity contribution is 5.79. The number of hydrogen-bond donors (Lipinski definition) is 2. The summed E-state index contributed by atoms with van der Waals surface area (Å²) in [6.07, 6.45) is 8.24. The zero-order valence-electron chi connectivity index (χ0n) is 15.1. The van der Waals surface area contributed by atoms with E-state index in [2.05, 4.69) is 25.5 Å². The molecular weight excluding hydrogens is 344 g/mol. The number of carbonyl (C=O) groups excluding carboxylic acids is 1. The van der Waals surface area contributed by atoms with Crippen LogP contribution in [0.25, 0.3) is 10.9 Å². The fourth-order valence-electron chi connectivity index (χ4n) is 3.28. The summed E-state index contributed by atoms with van der Waals surface area (Å²) in [5, 5.41) is 11.1. The predicted molar refractivity (Wildman–Crippen MR) is 100 cm³/mol. The quantitative estimate of drug-likeness (QED) is 0.740. The van der Waals surface area contributed by atoms with Crippen LogP contribution in [0.15, 0.2) is 43.0 Å². The van der Waals surface area contributed by atoms with Crippen molar-refractivity contribution in [3.8, 4) is 5.88 Å². The third-order valence-electron chi connectivity index (χ3n) is 4.86. The van der Waals surface area contributed by atoms with E-state index >= 15 is 0 Å². The Morgan fingerprint density at radius 2 is 2.15 bits per heavy atom. The van der Waals surface area contributed by atoms with Gasteiger partial charge in [0, 0.05) is 43.7 Å². The Kier molecular flexibility index (Phi) is 4.86. The maximum atomic E-state index is 12.6. The molecule has 1 aromatic carbocycles. The Bertz CT molecular complexity index is 905.